The summed E-state index contributed by atoms with van der Waals surface area (Å²) in [6, 6.07) is 3.80. The molecule has 0 spiro atoms. The number of aromatic hydroxyl groups is 1. The SMILES string of the molecule is COc1ccc(CC=C(C)C)c(O)c1C. The second kappa shape index (κ2) is 4.87. The predicted octanol–water partition coefficient (Wildman–Crippen LogP) is 3.22. The van der Waals surface area contributed by atoms with Gasteiger partial charge >= 0.3 is 0 Å². The van der Waals surface area contributed by atoms with Crippen LogP contribution in [0, 0.1) is 6.92 Å². The number of ether oxygens (including phenoxy) is 1. The standard InChI is InChI=1S/C13H18O2/c1-9(2)5-6-11-7-8-12(15-4)10(3)13(11)14/h5,7-8,14H,6H2,1-4H3. The molecule has 0 heterocycles. The molecule has 1 aromatic rings. The average Bonchev–Trinajstić information content (AvgIpc) is 2.20. The minimum Gasteiger partial charge on any atom is -0.507 e. The van der Waals surface area contributed by atoms with Crippen molar-refractivity contribution in [1.29, 1.82) is 0 Å². The summed E-state index contributed by atoms with van der Waals surface area (Å²) in [5.74, 6) is 1.07. The zero-order valence-corrected chi connectivity index (χ0v) is 9.79. The van der Waals surface area contributed by atoms with Gasteiger partial charge in [-0.05, 0) is 38.8 Å². The van der Waals surface area contributed by atoms with E-state index in [2.05, 4.69) is 6.08 Å². The van der Waals surface area contributed by atoms with Gasteiger partial charge in [-0.2, -0.15) is 0 Å². The summed E-state index contributed by atoms with van der Waals surface area (Å²) in [5.41, 5.74) is 2.99. The first kappa shape index (κ1) is 11.6. The number of benzene rings is 1. The average molecular weight is 206 g/mol. The molecule has 0 bridgehead atoms. The highest BCUT2D eigenvalue weighted by molar-refractivity contribution is 5.48. The van der Waals surface area contributed by atoms with Crippen molar-refractivity contribution < 1.29 is 9.84 Å². The van der Waals surface area contributed by atoms with E-state index >= 15 is 0 Å². The number of hydrogen-bond acceptors (Lipinski definition) is 2. The highest BCUT2D eigenvalue weighted by Gasteiger charge is 2.07. The fraction of sp³-hybridized carbons (Fsp3) is 0.385. The highest BCUT2D eigenvalue weighted by Crippen LogP contribution is 2.30. The number of phenols is 1. The lowest BCUT2D eigenvalue weighted by molar-refractivity contribution is 0.401. The molecule has 0 fully saturated rings. The maximum Gasteiger partial charge on any atom is 0.125 e. The molecule has 2 nitrogen and oxygen atoms in total. The van der Waals surface area contributed by atoms with Gasteiger partial charge in [0.2, 0.25) is 0 Å². The molecule has 0 aliphatic heterocycles. The molecule has 15 heavy (non-hydrogen) atoms. The van der Waals surface area contributed by atoms with Crippen LogP contribution >= 0.6 is 0 Å². The summed E-state index contributed by atoms with van der Waals surface area (Å²) >= 11 is 0. The Morgan fingerprint density at radius 2 is 2.07 bits per heavy atom. The second-order valence-electron chi connectivity index (χ2n) is 3.89. The van der Waals surface area contributed by atoms with Gasteiger partial charge in [0.05, 0.1) is 7.11 Å². The molecule has 0 unspecified atom stereocenters. The molecule has 1 N–H and O–H groups in total. The smallest absolute Gasteiger partial charge is 0.125 e. The van der Waals surface area contributed by atoms with Crippen LogP contribution < -0.4 is 4.74 Å². The number of methoxy groups -OCH3 is 1. The fourth-order valence-electron chi connectivity index (χ4n) is 1.44. The van der Waals surface area contributed by atoms with Crippen molar-refractivity contribution in [2.75, 3.05) is 7.11 Å². The predicted molar refractivity (Wildman–Crippen MR) is 62.5 cm³/mol. The largest absolute Gasteiger partial charge is 0.507 e. The first-order chi connectivity index (χ1) is 7.06. The van der Waals surface area contributed by atoms with Gasteiger partial charge in [0.15, 0.2) is 0 Å². The van der Waals surface area contributed by atoms with E-state index < -0.39 is 0 Å². The quantitative estimate of drug-likeness (QED) is 0.769. The first-order valence-electron chi connectivity index (χ1n) is 5.05. The fourth-order valence-corrected chi connectivity index (χ4v) is 1.44. The zero-order chi connectivity index (χ0) is 11.4. The van der Waals surface area contributed by atoms with Gasteiger partial charge in [-0.15, -0.1) is 0 Å². The Labute approximate surface area is 91.2 Å². The van der Waals surface area contributed by atoms with Crippen LogP contribution in [0.15, 0.2) is 23.8 Å². The van der Waals surface area contributed by atoms with Gasteiger partial charge in [-0.3, -0.25) is 0 Å². The summed E-state index contributed by atoms with van der Waals surface area (Å²) in [4.78, 5) is 0. The molecule has 2 heteroatoms. The normalized spacial score (nSPS) is 9.87. The summed E-state index contributed by atoms with van der Waals surface area (Å²) in [5, 5.41) is 9.91. The molecule has 1 rings (SSSR count). The van der Waals surface area contributed by atoms with Crippen molar-refractivity contribution in [3.05, 3.63) is 34.9 Å². The molecule has 1 aromatic carbocycles. The van der Waals surface area contributed by atoms with Crippen molar-refractivity contribution in [3.63, 3.8) is 0 Å². The van der Waals surface area contributed by atoms with Crippen LogP contribution in [0.3, 0.4) is 0 Å². The number of rotatable bonds is 3. The third-order valence-electron chi connectivity index (χ3n) is 2.41. The van der Waals surface area contributed by atoms with E-state index in [9.17, 15) is 5.11 Å². The second-order valence-corrected chi connectivity index (χ2v) is 3.89. The molecule has 0 aliphatic rings. The summed E-state index contributed by atoms with van der Waals surface area (Å²) in [6.45, 7) is 5.96. The van der Waals surface area contributed by atoms with Gasteiger partial charge < -0.3 is 9.84 Å². The van der Waals surface area contributed by atoms with Crippen LogP contribution in [0.25, 0.3) is 0 Å². The van der Waals surface area contributed by atoms with Gasteiger partial charge in [-0.25, -0.2) is 0 Å². The number of hydrogen-bond donors (Lipinski definition) is 1. The van der Waals surface area contributed by atoms with Crippen LogP contribution in [0.5, 0.6) is 11.5 Å². The van der Waals surface area contributed by atoms with Crippen molar-refractivity contribution in [2.45, 2.75) is 27.2 Å². The van der Waals surface area contributed by atoms with E-state index in [4.69, 9.17) is 4.74 Å². The highest BCUT2D eigenvalue weighted by atomic mass is 16.5. The lowest BCUT2D eigenvalue weighted by Crippen LogP contribution is -1.91. The zero-order valence-electron chi connectivity index (χ0n) is 9.79. The minimum atomic E-state index is 0.340. The topological polar surface area (TPSA) is 29.5 Å². The molecule has 0 saturated heterocycles. The first-order valence-corrected chi connectivity index (χ1v) is 5.05. The van der Waals surface area contributed by atoms with Gasteiger partial charge in [-0.1, -0.05) is 17.7 Å². The summed E-state index contributed by atoms with van der Waals surface area (Å²) in [6.07, 6.45) is 2.86. The molecule has 0 aliphatic carbocycles. The molecule has 0 radical (unpaired) electrons. The summed E-state index contributed by atoms with van der Waals surface area (Å²) in [7, 11) is 1.61. The Hall–Kier alpha value is -1.44. The number of allylic oxidation sites excluding steroid dienone is 2. The van der Waals surface area contributed by atoms with Crippen molar-refractivity contribution in [2.24, 2.45) is 0 Å². The maximum atomic E-state index is 9.91. The lowest BCUT2D eigenvalue weighted by Gasteiger charge is -2.09. The summed E-state index contributed by atoms with van der Waals surface area (Å²) < 4.78 is 5.13. The monoisotopic (exact) mass is 206 g/mol. The Kier molecular flexibility index (Phi) is 3.78. The van der Waals surface area contributed by atoms with Gasteiger partial charge in [0.25, 0.3) is 0 Å². The Morgan fingerprint density at radius 3 is 2.60 bits per heavy atom. The van der Waals surface area contributed by atoms with Gasteiger partial charge in [0, 0.05) is 5.56 Å². The maximum absolute atomic E-state index is 9.91. The van der Waals surface area contributed by atoms with E-state index in [0.717, 1.165) is 23.3 Å². The Bertz CT molecular complexity index is 374. The van der Waals surface area contributed by atoms with E-state index in [-0.39, 0.29) is 0 Å². The molecule has 0 atom stereocenters. The van der Waals surface area contributed by atoms with Gasteiger partial charge in [0.1, 0.15) is 11.5 Å². The molecule has 0 saturated carbocycles. The Morgan fingerprint density at radius 1 is 1.40 bits per heavy atom. The molecule has 0 amide bonds. The van der Waals surface area contributed by atoms with Crippen LogP contribution in [0.1, 0.15) is 25.0 Å². The molecule has 82 valence electrons. The number of phenolic OH excluding ortho intramolecular Hbond substituents is 1. The van der Waals surface area contributed by atoms with Crippen LogP contribution in [-0.4, -0.2) is 12.2 Å². The van der Waals surface area contributed by atoms with E-state index in [1.807, 2.05) is 32.9 Å². The van der Waals surface area contributed by atoms with Crippen molar-refractivity contribution >= 4 is 0 Å². The van der Waals surface area contributed by atoms with Crippen LogP contribution in [0.2, 0.25) is 0 Å². The molecular formula is C13H18O2. The molecule has 0 aromatic heterocycles. The van der Waals surface area contributed by atoms with Crippen LogP contribution in [0.4, 0.5) is 0 Å². The van der Waals surface area contributed by atoms with E-state index in [0.29, 0.717) is 5.75 Å². The Balaban J connectivity index is 3.01. The van der Waals surface area contributed by atoms with E-state index in [1.54, 1.807) is 7.11 Å². The van der Waals surface area contributed by atoms with Crippen molar-refractivity contribution in [3.8, 4) is 11.5 Å². The minimum absolute atomic E-state index is 0.340. The third kappa shape index (κ3) is 2.75. The van der Waals surface area contributed by atoms with Crippen LogP contribution in [-0.2, 0) is 6.42 Å². The van der Waals surface area contributed by atoms with Crippen molar-refractivity contribution in [1.82, 2.24) is 0 Å². The lowest BCUT2D eigenvalue weighted by atomic mass is 10.0. The molecular weight excluding hydrogens is 188 g/mol. The van der Waals surface area contributed by atoms with E-state index in [1.165, 1.54) is 5.57 Å². The third-order valence-corrected chi connectivity index (χ3v) is 2.41.